The summed E-state index contributed by atoms with van der Waals surface area (Å²) in [6, 6.07) is 26.3. The lowest BCUT2D eigenvalue weighted by Gasteiger charge is -2.27. The van der Waals surface area contributed by atoms with Crippen LogP contribution >= 0.6 is 11.6 Å². The van der Waals surface area contributed by atoms with E-state index in [1.807, 2.05) is 78.9 Å². The quantitative estimate of drug-likeness (QED) is 0.0798. The standard InChI is InChI=1S/C36H31ClN4O6/c1-24-31(35(43)40(36(44)32(24)21-38)15-16-45-17-18-46-25(2)42)20-28-22-41(29-11-4-3-5-12-29)39-34(28)26-10-8-13-30(19-26)47-23-27-9-6-7-14-33(27)37/h3-14,19-20,22H,15-18,23H2,1-2H3/b31-20+. The van der Waals surface area contributed by atoms with E-state index in [4.69, 9.17) is 30.9 Å². The lowest BCUT2D eigenvalue weighted by molar-refractivity contribution is -0.142. The fourth-order valence-electron chi connectivity index (χ4n) is 4.93. The van der Waals surface area contributed by atoms with E-state index in [2.05, 4.69) is 0 Å². The molecule has 1 aliphatic heterocycles. The third-order valence-corrected chi connectivity index (χ3v) is 7.71. The highest BCUT2D eigenvalue weighted by Crippen LogP contribution is 2.32. The Morgan fingerprint density at radius 3 is 2.49 bits per heavy atom. The van der Waals surface area contributed by atoms with Crippen LogP contribution in [0.2, 0.25) is 5.02 Å². The minimum absolute atomic E-state index is 0.00194. The zero-order valence-corrected chi connectivity index (χ0v) is 26.6. The molecule has 1 aromatic heterocycles. The van der Waals surface area contributed by atoms with Crippen LogP contribution in [0.5, 0.6) is 5.75 Å². The number of ether oxygens (including phenoxy) is 3. The van der Waals surface area contributed by atoms with Crippen molar-refractivity contribution in [2.45, 2.75) is 20.5 Å². The van der Waals surface area contributed by atoms with Crippen molar-refractivity contribution in [2.75, 3.05) is 26.4 Å². The largest absolute Gasteiger partial charge is 0.489 e. The van der Waals surface area contributed by atoms with Crippen molar-refractivity contribution < 1.29 is 28.6 Å². The van der Waals surface area contributed by atoms with E-state index in [0.717, 1.165) is 21.7 Å². The number of rotatable bonds is 12. The second-order valence-corrected chi connectivity index (χ2v) is 10.9. The van der Waals surface area contributed by atoms with Gasteiger partial charge < -0.3 is 14.2 Å². The van der Waals surface area contributed by atoms with Crippen LogP contribution in [0.15, 0.2) is 102 Å². The Morgan fingerprint density at radius 1 is 0.979 bits per heavy atom. The Hall–Kier alpha value is -5.50. The van der Waals surface area contributed by atoms with E-state index >= 15 is 0 Å². The summed E-state index contributed by atoms with van der Waals surface area (Å²) in [5, 5.41) is 15.3. The number of esters is 1. The van der Waals surface area contributed by atoms with E-state index in [-0.39, 0.29) is 49.7 Å². The van der Waals surface area contributed by atoms with Gasteiger partial charge in [-0.1, -0.05) is 60.1 Å². The van der Waals surface area contributed by atoms with Crippen LogP contribution in [-0.4, -0.2) is 58.8 Å². The lowest BCUT2D eigenvalue weighted by Crippen LogP contribution is -2.44. The van der Waals surface area contributed by atoms with E-state index in [1.165, 1.54) is 6.92 Å². The first-order chi connectivity index (χ1) is 22.8. The molecular formula is C36H31ClN4O6. The molecule has 5 rings (SSSR count). The number of carbonyl (C=O) groups excluding carboxylic acids is 3. The number of amides is 2. The van der Waals surface area contributed by atoms with Gasteiger partial charge in [-0.15, -0.1) is 0 Å². The maximum Gasteiger partial charge on any atom is 0.302 e. The number of nitriles is 1. The number of halogens is 1. The van der Waals surface area contributed by atoms with Crippen LogP contribution in [0.25, 0.3) is 23.0 Å². The van der Waals surface area contributed by atoms with Gasteiger partial charge in [0.1, 0.15) is 36.3 Å². The zero-order valence-electron chi connectivity index (χ0n) is 25.8. The van der Waals surface area contributed by atoms with Gasteiger partial charge in [-0.05, 0) is 48.9 Å². The molecule has 2 heterocycles. The number of imide groups is 1. The molecule has 0 spiro atoms. The van der Waals surface area contributed by atoms with Crippen molar-refractivity contribution in [3.8, 4) is 28.8 Å². The zero-order chi connectivity index (χ0) is 33.3. The van der Waals surface area contributed by atoms with Crippen LogP contribution < -0.4 is 4.74 Å². The molecule has 0 aliphatic carbocycles. The summed E-state index contributed by atoms with van der Waals surface area (Å²) in [6.45, 7) is 3.20. The van der Waals surface area contributed by atoms with Crippen molar-refractivity contribution in [1.82, 2.24) is 14.7 Å². The Labute approximate surface area is 277 Å². The number of carbonyl (C=O) groups is 3. The highest BCUT2D eigenvalue weighted by molar-refractivity contribution is 6.31. The Bertz CT molecular complexity index is 1910. The molecule has 3 aromatic carbocycles. The molecule has 2 amide bonds. The summed E-state index contributed by atoms with van der Waals surface area (Å²) in [5.41, 5.74) is 3.83. The predicted octanol–water partition coefficient (Wildman–Crippen LogP) is 5.94. The van der Waals surface area contributed by atoms with Crippen molar-refractivity contribution >= 4 is 35.5 Å². The molecule has 11 heteroatoms. The number of hydrogen-bond acceptors (Lipinski definition) is 8. The molecule has 1 aliphatic rings. The molecule has 47 heavy (non-hydrogen) atoms. The number of hydrogen-bond donors (Lipinski definition) is 0. The van der Waals surface area contributed by atoms with Gasteiger partial charge in [-0.2, -0.15) is 10.4 Å². The van der Waals surface area contributed by atoms with E-state index in [9.17, 15) is 19.6 Å². The first-order valence-corrected chi connectivity index (χ1v) is 15.2. The topological polar surface area (TPSA) is 124 Å². The molecule has 0 N–H and O–H groups in total. The summed E-state index contributed by atoms with van der Waals surface area (Å²) < 4.78 is 18.1. The number of aromatic nitrogens is 2. The van der Waals surface area contributed by atoms with E-state index in [1.54, 1.807) is 29.9 Å². The Balaban J connectivity index is 1.49. The molecule has 238 valence electrons. The van der Waals surface area contributed by atoms with Crippen LogP contribution in [-0.2, 0) is 30.5 Å². The van der Waals surface area contributed by atoms with Gasteiger partial charge in [-0.25, -0.2) is 4.68 Å². The summed E-state index contributed by atoms with van der Waals surface area (Å²) in [5.74, 6) is -1.10. The Kier molecular flexibility index (Phi) is 10.6. The van der Waals surface area contributed by atoms with Crippen LogP contribution in [0.4, 0.5) is 0 Å². The second-order valence-electron chi connectivity index (χ2n) is 10.5. The second kappa shape index (κ2) is 15.2. The third kappa shape index (κ3) is 7.84. The van der Waals surface area contributed by atoms with E-state index in [0.29, 0.717) is 22.0 Å². The van der Waals surface area contributed by atoms with Gasteiger partial charge >= 0.3 is 5.97 Å². The van der Waals surface area contributed by atoms with Crippen LogP contribution in [0.3, 0.4) is 0 Å². The van der Waals surface area contributed by atoms with Crippen LogP contribution in [0, 0.1) is 11.3 Å². The monoisotopic (exact) mass is 650 g/mol. The van der Waals surface area contributed by atoms with Gasteiger partial charge in [-0.3, -0.25) is 19.3 Å². The van der Waals surface area contributed by atoms with Gasteiger partial charge in [0, 0.05) is 40.4 Å². The molecule has 0 fully saturated rings. The number of benzene rings is 3. The van der Waals surface area contributed by atoms with Crippen molar-refractivity contribution in [3.05, 3.63) is 118 Å². The fourth-order valence-corrected chi connectivity index (χ4v) is 5.12. The van der Waals surface area contributed by atoms with Crippen molar-refractivity contribution in [2.24, 2.45) is 0 Å². The third-order valence-electron chi connectivity index (χ3n) is 7.34. The lowest BCUT2D eigenvalue weighted by atomic mass is 9.93. The highest BCUT2D eigenvalue weighted by Gasteiger charge is 2.35. The summed E-state index contributed by atoms with van der Waals surface area (Å²) in [6.07, 6.45) is 3.44. The maximum absolute atomic E-state index is 13.8. The summed E-state index contributed by atoms with van der Waals surface area (Å²) in [4.78, 5) is 38.8. The van der Waals surface area contributed by atoms with Gasteiger partial charge in [0.05, 0.1) is 25.4 Å². The molecular weight excluding hydrogens is 620 g/mol. The predicted molar refractivity (Wildman–Crippen MR) is 175 cm³/mol. The SMILES string of the molecule is CC(=O)OCCOCCN1C(=O)C(C#N)=C(C)/C(=C\c2cn(-c3ccccc3)nc2-c2cccc(OCc3ccccc3Cl)c2)C1=O. The molecule has 4 aromatic rings. The molecule has 10 nitrogen and oxygen atoms in total. The first-order valence-electron chi connectivity index (χ1n) is 14.8. The highest BCUT2D eigenvalue weighted by atomic mass is 35.5. The minimum Gasteiger partial charge on any atom is -0.489 e. The summed E-state index contributed by atoms with van der Waals surface area (Å²) >= 11 is 6.32. The average Bonchev–Trinajstić information content (AvgIpc) is 3.50. The van der Waals surface area contributed by atoms with Gasteiger partial charge in [0.25, 0.3) is 11.8 Å². The Morgan fingerprint density at radius 2 is 1.74 bits per heavy atom. The molecule has 0 saturated heterocycles. The fraction of sp³-hybridized carbons (Fsp3) is 0.194. The number of para-hydroxylation sites is 1. The number of nitrogens with zero attached hydrogens (tertiary/aromatic N) is 4. The van der Waals surface area contributed by atoms with Crippen molar-refractivity contribution in [1.29, 1.82) is 5.26 Å². The molecule has 0 atom stereocenters. The molecule has 0 unspecified atom stereocenters. The minimum atomic E-state index is -0.695. The van der Waals surface area contributed by atoms with Crippen molar-refractivity contribution in [3.63, 3.8) is 0 Å². The maximum atomic E-state index is 13.8. The molecule has 0 saturated carbocycles. The normalized spacial score (nSPS) is 14.0. The van der Waals surface area contributed by atoms with Gasteiger partial charge in [0.2, 0.25) is 0 Å². The first kappa shape index (κ1) is 32.9. The van der Waals surface area contributed by atoms with Crippen LogP contribution in [0.1, 0.15) is 25.0 Å². The average molecular weight is 651 g/mol. The smallest absolute Gasteiger partial charge is 0.302 e. The van der Waals surface area contributed by atoms with E-state index < -0.39 is 17.8 Å². The summed E-state index contributed by atoms with van der Waals surface area (Å²) in [7, 11) is 0. The molecule has 0 radical (unpaired) electrons. The molecule has 0 bridgehead atoms. The van der Waals surface area contributed by atoms with Gasteiger partial charge in [0.15, 0.2) is 0 Å².